The molecule has 2 aromatic heterocycles. The summed E-state index contributed by atoms with van der Waals surface area (Å²) in [7, 11) is 0. The molecule has 0 atom stereocenters. The van der Waals surface area contributed by atoms with E-state index in [1.165, 1.54) is 11.3 Å². The molecule has 0 aliphatic carbocycles. The van der Waals surface area contributed by atoms with E-state index in [4.69, 9.17) is 4.84 Å². The van der Waals surface area contributed by atoms with Crippen molar-refractivity contribution in [2.45, 2.75) is 13.8 Å². The number of benzene rings is 1. The number of aromatic nitrogens is 2. The van der Waals surface area contributed by atoms with Crippen LogP contribution in [0.25, 0.3) is 5.13 Å². The van der Waals surface area contributed by atoms with Crippen molar-refractivity contribution in [3.8, 4) is 5.13 Å². The van der Waals surface area contributed by atoms with Crippen molar-refractivity contribution < 1.29 is 9.63 Å². The van der Waals surface area contributed by atoms with Crippen molar-refractivity contribution in [1.29, 1.82) is 0 Å². The number of thiazole rings is 1. The van der Waals surface area contributed by atoms with E-state index in [1.807, 2.05) is 60.2 Å². The fraction of sp³-hybridized carbons (Fsp3) is 0.167. The molecule has 0 amide bonds. The number of nitrogens with zero attached hydrogens (tertiary/aromatic N) is 3. The Kier molecular flexibility index (Phi) is 4.86. The molecule has 3 aromatic rings. The predicted molar refractivity (Wildman–Crippen MR) is 95.2 cm³/mol. The number of ketones is 1. The molecule has 0 bridgehead atoms. The van der Waals surface area contributed by atoms with Crippen molar-refractivity contribution in [3.05, 3.63) is 70.5 Å². The van der Waals surface area contributed by atoms with Crippen LogP contribution in [0.1, 0.15) is 27.3 Å². The first-order valence-corrected chi connectivity index (χ1v) is 8.37. The highest BCUT2D eigenvalue weighted by molar-refractivity contribution is 7.12. The van der Waals surface area contributed by atoms with E-state index in [-0.39, 0.29) is 12.4 Å². The number of carbonyl (C=O) groups is 1. The quantitative estimate of drug-likeness (QED) is 0.390. The Morgan fingerprint density at radius 3 is 2.83 bits per heavy atom. The fourth-order valence-corrected chi connectivity index (χ4v) is 3.23. The van der Waals surface area contributed by atoms with E-state index >= 15 is 0 Å². The van der Waals surface area contributed by atoms with E-state index in [0.717, 1.165) is 22.1 Å². The van der Waals surface area contributed by atoms with Gasteiger partial charge in [-0.1, -0.05) is 35.5 Å². The van der Waals surface area contributed by atoms with Gasteiger partial charge in [0.1, 0.15) is 0 Å². The molecule has 5 nitrogen and oxygen atoms in total. The lowest BCUT2D eigenvalue weighted by molar-refractivity contribution is 0.0778. The van der Waals surface area contributed by atoms with Crippen LogP contribution in [0.3, 0.4) is 0 Å². The minimum absolute atomic E-state index is 0.0918. The summed E-state index contributed by atoms with van der Waals surface area (Å²) in [4.78, 5) is 21.8. The zero-order chi connectivity index (χ0) is 16.9. The lowest BCUT2D eigenvalue weighted by atomic mass is 10.2. The molecule has 0 saturated heterocycles. The van der Waals surface area contributed by atoms with Crippen LogP contribution in [0, 0.1) is 13.8 Å². The number of carbonyl (C=O) groups excluding carboxylic acids is 1. The molecule has 3 rings (SSSR count). The molecule has 0 aliphatic heterocycles. The molecule has 0 radical (unpaired) electrons. The number of oxime groups is 1. The van der Waals surface area contributed by atoms with Crippen molar-refractivity contribution in [2.24, 2.45) is 5.16 Å². The number of hydrogen-bond donors (Lipinski definition) is 0. The minimum Gasteiger partial charge on any atom is -0.387 e. The number of aryl methyl sites for hydroxylation is 1. The summed E-state index contributed by atoms with van der Waals surface area (Å²) in [6, 6.07) is 11.5. The smallest absolute Gasteiger partial charge is 0.204 e. The number of rotatable bonds is 6. The van der Waals surface area contributed by atoms with Gasteiger partial charge in [0, 0.05) is 28.5 Å². The molecule has 24 heavy (non-hydrogen) atoms. The van der Waals surface area contributed by atoms with Gasteiger partial charge in [-0.3, -0.25) is 9.36 Å². The average Bonchev–Trinajstić information content (AvgIpc) is 3.20. The van der Waals surface area contributed by atoms with Crippen LogP contribution in [-0.4, -0.2) is 28.2 Å². The van der Waals surface area contributed by atoms with Crippen molar-refractivity contribution in [3.63, 3.8) is 0 Å². The van der Waals surface area contributed by atoms with E-state index < -0.39 is 0 Å². The molecule has 1 aromatic carbocycles. The highest BCUT2D eigenvalue weighted by atomic mass is 32.1. The first-order valence-electron chi connectivity index (χ1n) is 7.49. The van der Waals surface area contributed by atoms with Gasteiger partial charge in [0.2, 0.25) is 5.78 Å². The van der Waals surface area contributed by atoms with E-state index in [1.54, 1.807) is 12.4 Å². The molecule has 2 heterocycles. The molecule has 6 heteroatoms. The summed E-state index contributed by atoms with van der Waals surface area (Å²) < 4.78 is 1.98. The molecule has 122 valence electrons. The zero-order valence-electron chi connectivity index (χ0n) is 13.5. The van der Waals surface area contributed by atoms with Gasteiger partial charge in [-0.15, -0.1) is 11.3 Å². The van der Waals surface area contributed by atoms with Crippen LogP contribution in [0.15, 0.2) is 53.1 Å². The van der Waals surface area contributed by atoms with Gasteiger partial charge in [-0.25, -0.2) is 4.98 Å². The Hall–Kier alpha value is -2.73. The van der Waals surface area contributed by atoms with E-state index in [9.17, 15) is 4.79 Å². The van der Waals surface area contributed by atoms with Gasteiger partial charge in [0.05, 0.1) is 6.21 Å². The second-order valence-electron chi connectivity index (χ2n) is 5.28. The zero-order valence-corrected chi connectivity index (χ0v) is 14.3. The number of hydrogen-bond acceptors (Lipinski definition) is 5. The van der Waals surface area contributed by atoms with Gasteiger partial charge in [-0.2, -0.15) is 0 Å². The minimum atomic E-state index is -0.101. The Morgan fingerprint density at radius 1 is 1.33 bits per heavy atom. The summed E-state index contributed by atoms with van der Waals surface area (Å²) in [6.07, 6.45) is 3.34. The van der Waals surface area contributed by atoms with Crippen LogP contribution in [0.5, 0.6) is 0 Å². The highest BCUT2D eigenvalue weighted by Crippen LogP contribution is 2.22. The summed E-state index contributed by atoms with van der Waals surface area (Å²) in [5.74, 6) is -0.101. The SMILES string of the molecule is Cc1cc(C(=O)CO/N=C/c2ccccc2)c(C)n1-c1nccs1. The standard InChI is InChI=1S/C18H17N3O2S/c1-13-10-16(14(2)21(13)18-19-8-9-24-18)17(22)12-23-20-11-15-6-4-3-5-7-15/h3-11H,12H2,1-2H3/b20-11+. The largest absolute Gasteiger partial charge is 0.387 e. The van der Waals surface area contributed by atoms with Crippen LogP contribution in [0.2, 0.25) is 0 Å². The lowest BCUT2D eigenvalue weighted by Crippen LogP contribution is -2.08. The third-order valence-corrected chi connectivity index (χ3v) is 4.37. The summed E-state index contributed by atoms with van der Waals surface area (Å²) in [5, 5.41) is 6.62. The average molecular weight is 339 g/mol. The molecule has 0 N–H and O–H groups in total. The Balaban J connectivity index is 1.68. The van der Waals surface area contributed by atoms with Gasteiger partial charge >= 0.3 is 0 Å². The van der Waals surface area contributed by atoms with Crippen LogP contribution in [0.4, 0.5) is 0 Å². The highest BCUT2D eigenvalue weighted by Gasteiger charge is 2.18. The molecule has 0 aliphatic rings. The molecule has 0 fully saturated rings. The molecular formula is C18H17N3O2S. The van der Waals surface area contributed by atoms with Crippen molar-refractivity contribution >= 4 is 23.3 Å². The monoisotopic (exact) mass is 339 g/mol. The Morgan fingerprint density at radius 2 is 2.12 bits per heavy atom. The maximum Gasteiger partial charge on any atom is 0.204 e. The Labute approximate surface area is 144 Å². The second kappa shape index (κ2) is 7.23. The summed E-state index contributed by atoms with van der Waals surface area (Å²) in [6.45, 7) is 3.78. The first kappa shape index (κ1) is 16.1. The molecular weight excluding hydrogens is 322 g/mol. The molecule has 0 unspecified atom stereocenters. The van der Waals surface area contributed by atoms with Gasteiger partial charge in [0.25, 0.3) is 0 Å². The molecule has 0 saturated carbocycles. The van der Waals surface area contributed by atoms with Crippen LogP contribution in [-0.2, 0) is 4.84 Å². The predicted octanol–water partition coefficient (Wildman–Crippen LogP) is 3.78. The normalized spacial score (nSPS) is 11.1. The van der Waals surface area contributed by atoms with Gasteiger partial charge < -0.3 is 4.84 Å². The maximum atomic E-state index is 12.4. The van der Waals surface area contributed by atoms with Crippen LogP contribution < -0.4 is 0 Å². The fourth-order valence-electron chi connectivity index (χ4n) is 2.48. The van der Waals surface area contributed by atoms with Crippen molar-refractivity contribution in [2.75, 3.05) is 6.61 Å². The summed E-state index contributed by atoms with van der Waals surface area (Å²) >= 11 is 1.53. The second-order valence-corrected chi connectivity index (χ2v) is 6.15. The van der Waals surface area contributed by atoms with E-state index in [0.29, 0.717) is 5.56 Å². The topological polar surface area (TPSA) is 56.5 Å². The number of Topliss-reactive ketones (excluding diaryl/α,β-unsaturated/α-hetero) is 1. The maximum absolute atomic E-state index is 12.4. The van der Waals surface area contributed by atoms with Gasteiger partial charge in [-0.05, 0) is 25.5 Å². The third kappa shape index (κ3) is 3.44. The van der Waals surface area contributed by atoms with Crippen molar-refractivity contribution in [1.82, 2.24) is 9.55 Å². The van der Waals surface area contributed by atoms with E-state index in [2.05, 4.69) is 10.1 Å². The van der Waals surface area contributed by atoms with Crippen LogP contribution >= 0.6 is 11.3 Å². The lowest BCUT2D eigenvalue weighted by Gasteiger charge is -2.05. The third-order valence-electron chi connectivity index (χ3n) is 3.61. The molecule has 0 spiro atoms. The first-order chi connectivity index (χ1) is 11.7. The Bertz CT molecular complexity index is 852. The van der Waals surface area contributed by atoms with Gasteiger partial charge in [0.15, 0.2) is 11.7 Å². The summed E-state index contributed by atoms with van der Waals surface area (Å²) in [5.41, 5.74) is 3.39.